The van der Waals surface area contributed by atoms with Crippen LogP contribution in [-0.2, 0) is 9.59 Å². The Morgan fingerprint density at radius 2 is 1.59 bits per heavy atom. The van der Waals surface area contributed by atoms with Gasteiger partial charge in [0.15, 0.2) is 0 Å². The molecule has 0 aromatic carbocycles. The molecule has 0 saturated carbocycles. The fourth-order valence-electron chi connectivity index (χ4n) is 3.38. The molecule has 22 heavy (non-hydrogen) atoms. The summed E-state index contributed by atoms with van der Waals surface area (Å²) in [5.41, 5.74) is 0.643. The van der Waals surface area contributed by atoms with E-state index in [1.54, 1.807) is 12.2 Å². The molecule has 1 aliphatic heterocycles. The fraction of sp³-hybridized carbons (Fsp3) is 0.647. The van der Waals surface area contributed by atoms with Crippen LogP contribution < -0.4 is 0 Å². The third kappa shape index (κ3) is 4.12. The van der Waals surface area contributed by atoms with Crippen molar-refractivity contribution in [3.8, 4) is 0 Å². The first-order valence-electron chi connectivity index (χ1n) is 8.24. The van der Waals surface area contributed by atoms with Gasteiger partial charge in [0.1, 0.15) is 5.70 Å². The second-order valence-electron chi connectivity index (χ2n) is 6.06. The number of hydrogen-bond donors (Lipinski definition) is 2. The van der Waals surface area contributed by atoms with E-state index in [0.717, 1.165) is 51.4 Å². The Bertz CT molecular complexity index is 437. The van der Waals surface area contributed by atoms with E-state index in [2.05, 4.69) is 0 Å². The summed E-state index contributed by atoms with van der Waals surface area (Å²) in [6.07, 6.45) is 11.8. The molecule has 1 aliphatic carbocycles. The topological polar surface area (TPSA) is 77.8 Å². The minimum absolute atomic E-state index is 0.275. The van der Waals surface area contributed by atoms with Crippen LogP contribution in [0.5, 0.6) is 0 Å². The average molecular weight is 307 g/mol. The van der Waals surface area contributed by atoms with Gasteiger partial charge in [-0.25, -0.2) is 9.59 Å². The third-order valence-electron chi connectivity index (χ3n) is 4.50. The first-order chi connectivity index (χ1) is 10.6. The Balaban J connectivity index is 2.36. The van der Waals surface area contributed by atoms with Crippen LogP contribution in [0.3, 0.4) is 0 Å². The number of hydrogen-bond acceptors (Lipinski definition) is 3. The maximum Gasteiger partial charge on any atom is 0.351 e. The number of allylic oxidation sites excluding steroid dienone is 2. The number of carbonyl (C=O) groups is 2. The summed E-state index contributed by atoms with van der Waals surface area (Å²) in [6.45, 7) is 0.618. The fourth-order valence-corrected chi connectivity index (χ4v) is 3.38. The summed E-state index contributed by atoms with van der Waals surface area (Å²) in [4.78, 5) is 25.1. The van der Waals surface area contributed by atoms with Crippen LogP contribution in [0.25, 0.3) is 0 Å². The van der Waals surface area contributed by atoms with Gasteiger partial charge < -0.3 is 15.1 Å². The molecule has 0 radical (unpaired) electrons. The maximum absolute atomic E-state index is 11.6. The van der Waals surface area contributed by atoms with Crippen molar-refractivity contribution in [3.05, 3.63) is 23.4 Å². The van der Waals surface area contributed by atoms with E-state index in [1.807, 2.05) is 4.90 Å². The molecule has 0 fully saturated rings. The maximum atomic E-state index is 11.6. The molecular weight excluding hydrogens is 282 g/mol. The van der Waals surface area contributed by atoms with Gasteiger partial charge in [0.05, 0.1) is 11.6 Å². The molecule has 5 nitrogen and oxygen atoms in total. The Morgan fingerprint density at radius 1 is 0.909 bits per heavy atom. The van der Waals surface area contributed by atoms with Crippen molar-refractivity contribution in [2.75, 3.05) is 6.54 Å². The van der Waals surface area contributed by atoms with Crippen molar-refractivity contribution in [3.63, 3.8) is 0 Å². The van der Waals surface area contributed by atoms with E-state index in [-0.39, 0.29) is 11.7 Å². The highest BCUT2D eigenvalue weighted by Gasteiger charge is 2.31. The van der Waals surface area contributed by atoms with Gasteiger partial charge in [-0.2, -0.15) is 0 Å². The van der Waals surface area contributed by atoms with Crippen LogP contribution in [-0.4, -0.2) is 39.6 Å². The van der Waals surface area contributed by atoms with Crippen molar-refractivity contribution in [2.24, 2.45) is 0 Å². The minimum Gasteiger partial charge on any atom is -0.478 e. The number of rotatable bonds is 3. The van der Waals surface area contributed by atoms with Gasteiger partial charge >= 0.3 is 11.9 Å². The molecule has 1 unspecified atom stereocenters. The molecule has 122 valence electrons. The average Bonchev–Trinajstić information content (AvgIpc) is 2.38. The van der Waals surface area contributed by atoms with Crippen molar-refractivity contribution < 1.29 is 19.8 Å². The van der Waals surface area contributed by atoms with Gasteiger partial charge in [-0.1, -0.05) is 31.4 Å². The van der Waals surface area contributed by atoms with E-state index in [4.69, 9.17) is 0 Å². The molecule has 2 rings (SSSR count). The zero-order valence-electron chi connectivity index (χ0n) is 13.0. The molecule has 0 bridgehead atoms. The zero-order valence-corrected chi connectivity index (χ0v) is 13.0. The highest BCUT2D eigenvalue weighted by molar-refractivity contribution is 5.89. The molecular formula is C17H25NO4. The van der Waals surface area contributed by atoms with Gasteiger partial charge in [-0.15, -0.1) is 0 Å². The molecule has 2 N–H and O–H groups in total. The Morgan fingerprint density at radius 3 is 2.27 bits per heavy atom. The Labute approximate surface area is 131 Å². The van der Waals surface area contributed by atoms with Crippen molar-refractivity contribution in [1.82, 2.24) is 4.90 Å². The lowest BCUT2D eigenvalue weighted by molar-refractivity contribution is -0.136. The lowest BCUT2D eigenvalue weighted by Gasteiger charge is -2.36. The Kier molecular flexibility index (Phi) is 6.04. The molecule has 0 aromatic rings. The Hall–Kier alpha value is -1.78. The monoisotopic (exact) mass is 307 g/mol. The van der Waals surface area contributed by atoms with Crippen LogP contribution in [0.2, 0.25) is 0 Å². The smallest absolute Gasteiger partial charge is 0.351 e. The standard InChI is InChI=1S/C17H25NO4/c19-16(20)13-9-5-1-2-6-10-14(13)18-12-8-4-3-7-11-15(18)17(21)22/h9,11,14H,1-8,10,12H2,(H,19,20)(H,21,22)/b13-9+,15-11-. The summed E-state index contributed by atoms with van der Waals surface area (Å²) >= 11 is 0. The number of nitrogens with zero attached hydrogens (tertiary/aromatic N) is 1. The van der Waals surface area contributed by atoms with Crippen LogP contribution in [0.15, 0.2) is 23.4 Å². The van der Waals surface area contributed by atoms with Crippen LogP contribution in [0.1, 0.15) is 57.8 Å². The minimum atomic E-state index is -0.950. The van der Waals surface area contributed by atoms with Crippen molar-refractivity contribution >= 4 is 11.9 Å². The first kappa shape index (κ1) is 16.6. The molecule has 0 saturated heterocycles. The summed E-state index contributed by atoms with van der Waals surface area (Å²) in [6, 6.07) is -0.321. The number of carboxylic acid groups (broad SMARTS) is 2. The molecule has 0 spiro atoms. The SMILES string of the molecule is O=C(O)/C1=C/CCCCCN1C1CCCCC/C=C\1C(=O)O. The van der Waals surface area contributed by atoms with Gasteiger partial charge in [0.2, 0.25) is 0 Å². The summed E-state index contributed by atoms with van der Waals surface area (Å²) in [5.74, 6) is -1.87. The second-order valence-corrected chi connectivity index (χ2v) is 6.06. The van der Waals surface area contributed by atoms with Crippen molar-refractivity contribution in [2.45, 2.75) is 63.8 Å². The zero-order chi connectivity index (χ0) is 15.9. The van der Waals surface area contributed by atoms with Crippen LogP contribution in [0, 0.1) is 0 Å². The van der Waals surface area contributed by atoms with Crippen LogP contribution >= 0.6 is 0 Å². The predicted octanol–water partition coefficient (Wildman–Crippen LogP) is 3.17. The highest BCUT2D eigenvalue weighted by atomic mass is 16.4. The van der Waals surface area contributed by atoms with E-state index >= 15 is 0 Å². The summed E-state index contributed by atoms with van der Waals surface area (Å²) < 4.78 is 0. The van der Waals surface area contributed by atoms with Crippen LogP contribution in [0.4, 0.5) is 0 Å². The lowest BCUT2D eigenvalue weighted by Crippen LogP contribution is -2.41. The summed E-state index contributed by atoms with van der Waals surface area (Å²) in [7, 11) is 0. The number of carboxylic acids is 2. The first-order valence-corrected chi connectivity index (χ1v) is 8.24. The molecule has 5 heteroatoms. The van der Waals surface area contributed by atoms with Gasteiger partial charge in [-0.3, -0.25) is 0 Å². The van der Waals surface area contributed by atoms with Crippen molar-refractivity contribution in [1.29, 1.82) is 0 Å². The highest BCUT2D eigenvalue weighted by Crippen LogP contribution is 2.28. The molecule has 0 aromatic heterocycles. The summed E-state index contributed by atoms with van der Waals surface area (Å²) in [5, 5.41) is 19.1. The van der Waals surface area contributed by atoms with E-state index in [1.165, 1.54) is 0 Å². The largest absolute Gasteiger partial charge is 0.478 e. The van der Waals surface area contributed by atoms with E-state index in [9.17, 15) is 19.8 Å². The normalized spacial score (nSPS) is 28.9. The third-order valence-corrected chi connectivity index (χ3v) is 4.50. The van der Waals surface area contributed by atoms with E-state index in [0.29, 0.717) is 18.5 Å². The lowest BCUT2D eigenvalue weighted by atomic mass is 9.92. The number of aliphatic carboxylic acids is 2. The van der Waals surface area contributed by atoms with Gasteiger partial charge in [0, 0.05) is 6.54 Å². The second kappa shape index (κ2) is 8.01. The quantitative estimate of drug-likeness (QED) is 0.837. The molecule has 1 atom stereocenters. The van der Waals surface area contributed by atoms with E-state index < -0.39 is 11.9 Å². The van der Waals surface area contributed by atoms with Gasteiger partial charge in [-0.05, 0) is 38.5 Å². The predicted molar refractivity (Wildman–Crippen MR) is 83.5 cm³/mol. The molecule has 0 amide bonds. The van der Waals surface area contributed by atoms with Gasteiger partial charge in [0.25, 0.3) is 0 Å². The molecule has 2 aliphatic rings. The molecule has 1 heterocycles.